The molecule has 0 radical (unpaired) electrons. The summed E-state index contributed by atoms with van der Waals surface area (Å²) in [6.07, 6.45) is 1.03. The van der Waals surface area contributed by atoms with Crippen LogP contribution in [0, 0.1) is 0 Å². The van der Waals surface area contributed by atoms with E-state index in [2.05, 4.69) is 18.3 Å². The molecule has 4 nitrogen and oxygen atoms in total. The molecule has 0 saturated heterocycles. The van der Waals surface area contributed by atoms with Crippen molar-refractivity contribution in [3.63, 3.8) is 0 Å². The van der Waals surface area contributed by atoms with Crippen molar-refractivity contribution >= 4 is 17.4 Å². The van der Waals surface area contributed by atoms with Crippen molar-refractivity contribution in [2.75, 3.05) is 19.7 Å². The van der Waals surface area contributed by atoms with E-state index in [0.717, 1.165) is 11.3 Å². The van der Waals surface area contributed by atoms with Gasteiger partial charge in [0.2, 0.25) is 0 Å². The maximum Gasteiger partial charge on any atom is 0.317 e. The zero-order valence-electron chi connectivity index (χ0n) is 10.4. The summed E-state index contributed by atoms with van der Waals surface area (Å²) in [5.74, 6) is 0. The van der Waals surface area contributed by atoms with E-state index in [1.165, 1.54) is 4.88 Å². The molecular formula is C12H20N2O2S. The number of rotatable bonds is 6. The van der Waals surface area contributed by atoms with Crippen LogP contribution in [0.5, 0.6) is 0 Å². The predicted molar refractivity (Wildman–Crippen MR) is 70.3 cm³/mol. The standard InChI is InChI=1S/C12H20N2O2S/c1-3-10-5-6-11(17-10)9-13-12(16)14(4-2)7-8-15/h5-6,15H,3-4,7-9H2,1-2H3,(H,13,16). The van der Waals surface area contributed by atoms with Crippen LogP contribution in [0.25, 0.3) is 0 Å². The Morgan fingerprint density at radius 3 is 2.65 bits per heavy atom. The van der Waals surface area contributed by atoms with Gasteiger partial charge in [-0.3, -0.25) is 0 Å². The minimum absolute atomic E-state index is 0.000243. The van der Waals surface area contributed by atoms with Crippen LogP contribution in [-0.4, -0.2) is 35.7 Å². The molecule has 96 valence electrons. The molecule has 0 aliphatic rings. The number of amides is 2. The summed E-state index contributed by atoms with van der Waals surface area (Å²) < 4.78 is 0. The number of hydrogen-bond donors (Lipinski definition) is 2. The van der Waals surface area contributed by atoms with Gasteiger partial charge in [0.25, 0.3) is 0 Å². The highest BCUT2D eigenvalue weighted by Crippen LogP contribution is 2.16. The van der Waals surface area contributed by atoms with Crippen LogP contribution in [0.15, 0.2) is 12.1 Å². The molecule has 2 N–H and O–H groups in total. The Bertz CT molecular complexity index is 352. The third kappa shape index (κ3) is 4.36. The van der Waals surface area contributed by atoms with Crippen LogP contribution in [0.4, 0.5) is 4.79 Å². The van der Waals surface area contributed by atoms with Crippen LogP contribution < -0.4 is 5.32 Å². The lowest BCUT2D eigenvalue weighted by Gasteiger charge is -2.19. The number of urea groups is 1. The molecule has 0 aliphatic heterocycles. The molecule has 1 rings (SSSR count). The van der Waals surface area contributed by atoms with E-state index in [1.807, 2.05) is 13.0 Å². The molecule has 0 aromatic carbocycles. The van der Waals surface area contributed by atoms with Crippen molar-refractivity contribution in [2.45, 2.75) is 26.8 Å². The Kier molecular flexibility index (Phi) is 6.00. The summed E-state index contributed by atoms with van der Waals surface area (Å²) >= 11 is 1.72. The van der Waals surface area contributed by atoms with Gasteiger partial charge in [0.1, 0.15) is 0 Å². The number of aliphatic hydroxyl groups excluding tert-OH is 1. The number of thiophene rings is 1. The van der Waals surface area contributed by atoms with Gasteiger partial charge in [-0.15, -0.1) is 11.3 Å². The van der Waals surface area contributed by atoms with E-state index in [1.54, 1.807) is 16.2 Å². The molecule has 1 heterocycles. The van der Waals surface area contributed by atoms with Crippen LogP contribution in [0.2, 0.25) is 0 Å². The lowest BCUT2D eigenvalue weighted by atomic mass is 10.3. The molecule has 5 heteroatoms. The van der Waals surface area contributed by atoms with E-state index in [0.29, 0.717) is 19.6 Å². The van der Waals surface area contributed by atoms with Gasteiger partial charge in [0, 0.05) is 22.8 Å². The van der Waals surface area contributed by atoms with E-state index in [4.69, 9.17) is 5.11 Å². The van der Waals surface area contributed by atoms with E-state index < -0.39 is 0 Å². The topological polar surface area (TPSA) is 52.6 Å². The van der Waals surface area contributed by atoms with Gasteiger partial charge < -0.3 is 15.3 Å². The smallest absolute Gasteiger partial charge is 0.317 e. The zero-order valence-corrected chi connectivity index (χ0v) is 11.2. The number of hydrogen-bond acceptors (Lipinski definition) is 3. The average molecular weight is 256 g/mol. The predicted octanol–water partition coefficient (Wildman–Crippen LogP) is 1.83. The fourth-order valence-corrected chi connectivity index (χ4v) is 2.40. The summed E-state index contributed by atoms with van der Waals surface area (Å²) in [5, 5.41) is 11.7. The molecule has 2 amide bonds. The van der Waals surface area contributed by atoms with Crippen molar-refractivity contribution in [1.29, 1.82) is 0 Å². The highest BCUT2D eigenvalue weighted by atomic mass is 32.1. The molecule has 0 atom stereocenters. The third-order valence-corrected chi connectivity index (χ3v) is 3.75. The number of aryl methyl sites for hydroxylation is 1. The number of nitrogens with one attached hydrogen (secondary N) is 1. The molecule has 0 unspecified atom stereocenters. The molecule has 0 aliphatic carbocycles. The first-order chi connectivity index (χ1) is 8.21. The highest BCUT2D eigenvalue weighted by Gasteiger charge is 2.10. The summed E-state index contributed by atoms with van der Waals surface area (Å²) in [4.78, 5) is 15.8. The Labute approximate surface area is 106 Å². The lowest BCUT2D eigenvalue weighted by Crippen LogP contribution is -2.40. The zero-order chi connectivity index (χ0) is 12.7. The fourth-order valence-electron chi connectivity index (χ4n) is 1.51. The Hall–Kier alpha value is -1.07. The van der Waals surface area contributed by atoms with E-state index in [-0.39, 0.29) is 12.6 Å². The molecule has 0 bridgehead atoms. The van der Waals surface area contributed by atoms with Gasteiger partial charge in [-0.25, -0.2) is 4.79 Å². The maximum atomic E-state index is 11.7. The largest absolute Gasteiger partial charge is 0.395 e. The van der Waals surface area contributed by atoms with Gasteiger partial charge >= 0.3 is 6.03 Å². The summed E-state index contributed by atoms with van der Waals surface area (Å²) in [6.45, 7) is 5.57. The number of likely N-dealkylation sites (N-methyl/N-ethyl adjacent to an activating group) is 1. The Morgan fingerprint density at radius 2 is 2.12 bits per heavy atom. The quantitative estimate of drug-likeness (QED) is 0.816. The van der Waals surface area contributed by atoms with E-state index in [9.17, 15) is 4.79 Å². The fraction of sp³-hybridized carbons (Fsp3) is 0.583. The first kappa shape index (κ1) is 14.0. The van der Waals surface area contributed by atoms with Gasteiger partial charge in [0.15, 0.2) is 0 Å². The van der Waals surface area contributed by atoms with Crippen molar-refractivity contribution in [2.24, 2.45) is 0 Å². The molecule has 17 heavy (non-hydrogen) atoms. The highest BCUT2D eigenvalue weighted by molar-refractivity contribution is 7.11. The molecule has 0 saturated carbocycles. The summed E-state index contributed by atoms with van der Waals surface area (Å²) in [5.41, 5.74) is 0. The number of carbonyl (C=O) groups is 1. The molecule has 1 aromatic heterocycles. The molecule has 1 aromatic rings. The monoisotopic (exact) mass is 256 g/mol. The molecular weight excluding hydrogens is 236 g/mol. The van der Waals surface area contributed by atoms with Gasteiger partial charge in [-0.1, -0.05) is 6.92 Å². The third-order valence-electron chi connectivity index (χ3n) is 2.52. The minimum atomic E-state index is -0.118. The first-order valence-electron chi connectivity index (χ1n) is 5.92. The maximum absolute atomic E-state index is 11.7. The number of carbonyl (C=O) groups excluding carboxylic acids is 1. The first-order valence-corrected chi connectivity index (χ1v) is 6.74. The van der Waals surface area contributed by atoms with Crippen LogP contribution in [0.3, 0.4) is 0 Å². The van der Waals surface area contributed by atoms with Crippen molar-refractivity contribution < 1.29 is 9.90 Å². The summed E-state index contributed by atoms with van der Waals surface area (Å²) in [6, 6.07) is 4.02. The van der Waals surface area contributed by atoms with Crippen molar-refractivity contribution in [1.82, 2.24) is 10.2 Å². The van der Waals surface area contributed by atoms with Gasteiger partial charge in [0.05, 0.1) is 13.2 Å². The van der Waals surface area contributed by atoms with Crippen LogP contribution >= 0.6 is 11.3 Å². The van der Waals surface area contributed by atoms with E-state index >= 15 is 0 Å². The molecule has 0 spiro atoms. The Morgan fingerprint density at radius 1 is 1.41 bits per heavy atom. The minimum Gasteiger partial charge on any atom is -0.395 e. The summed E-state index contributed by atoms with van der Waals surface area (Å²) in [7, 11) is 0. The second kappa shape index (κ2) is 7.29. The Balaban J connectivity index is 2.41. The SMILES string of the molecule is CCc1ccc(CNC(=O)N(CC)CCO)s1. The second-order valence-electron chi connectivity index (χ2n) is 3.68. The van der Waals surface area contributed by atoms with Gasteiger partial charge in [-0.2, -0.15) is 0 Å². The number of aliphatic hydroxyl groups is 1. The van der Waals surface area contributed by atoms with Crippen molar-refractivity contribution in [3.05, 3.63) is 21.9 Å². The van der Waals surface area contributed by atoms with Gasteiger partial charge in [-0.05, 0) is 25.5 Å². The lowest BCUT2D eigenvalue weighted by molar-refractivity contribution is 0.180. The molecule has 0 fully saturated rings. The normalized spacial score (nSPS) is 10.3. The number of nitrogens with zero attached hydrogens (tertiary/aromatic N) is 1. The van der Waals surface area contributed by atoms with Crippen molar-refractivity contribution in [3.8, 4) is 0 Å². The van der Waals surface area contributed by atoms with Crippen LogP contribution in [0.1, 0.15) is 23.6 Å². The average Bonchev–Trinajstić information content (AvgIpc) is 2.81. The van der Waals surface area contributed by atoms with Crippen LogP contribution in [-0.2, 0) is 13.0 Å². The second-order valence-corrected chi connectivity index (χ2v) is 4.94.